The number of halogens is 2. The van der Waals surface area contributed by atoms with Crippen LogP contribution in [0, 0.1) is 0 Å². The highest BCUT2D eigenvalue weighted by Crippen LogP contribution is 2.47. The minimum absolute atomic E-state index is 0. The lowest BCUT2D eigenvalue weighted by Crippen LogP contribution is -3.00. The number of para-hydroxylation sites is 2. The summed E-state index contributed by atoms with van der Waals surface area (Å²) in [5.41, 5.74) is 10.4. The summed E-state index contributed by atoms with van der Waals surface area (Å²) in [4.78, 5) is 2.32. The Bertz CT molecular complexity index is 1350. The van der Waals surface area contributed by atoms with Crippen LogP contribution < -0.4 is 28.9 Å². The summed E-state index contributed by atoms with van der Waals surface area (Å²) < 4.78 is 2.32. The van der Waals surface area contributed by atoms with Crippen molar-refractivity contribution in [1.82, 2.24) is 0 Å². The van der Waals surface area contributed by atoms with E-state index >= 15 is 0 Å². The fourth-order valence-electron chi connectivity index (χ4n) is 6.17. The van der Waals surface area contributed by atoms with Crippen molar-refractivity contribution in [3.8, 4) is 0 Å². The lowest BCUT2D eigenvalue weighted by molar-refractivity contribution is -0.401. The molecule has 0 spiro atoms. The second kappa shape index (κ2) is 9.98. The van der Waals surface area contributed by atoms with Crippen molar-refractivity contribution in [1.29, 1.82) is 0 Å². The Hall–Kier alpha value is -2.11. The molecule has 0 N–H and O–H groups in total. The summed E-state index contributed by atoms with van der Waals surface area (Å²) in [6.07, 6.45) is 12.2. The van der Waals surface area contributed by atoms with Gasteiger partial charge >= 0.3 is 0 Å². The molecule has 5 rings (SSSR count). The maximum absolute atomic E-state index is 7.01. The van der Waals surface area contributed by atoms with Gasteiger partial charge in [0.05, 0.1) is 5.41 Å². The van der Waals surface area contributed by atoms with Gasteiger partial charge in [0, 0.05) is 46.6 Å². The molecule has 4 heteroatoms. The van der Waals surface area contributed by atoms with Crippen LogP contribution >= 0.6 is 11.6 Å². The Kier molecular flexibility index (Phi) is 7.47. The van der Waals surface area contributed by atoms with Gasteiger partial charge in [0.2, 0.25) is 5.69 Å². The normalized spacial score (nSPS) is 22.5. The number of hydrogen-bond acceptors (Lipinski definition) is 1. The molecule has 0 saturated heterocycles. The number of hydrogen-bond donors (Lipinski definition) is 0. The molecule has 0 amide bonds. The molecule has 0 unspecified atom stereocenters. The molecule has 0 radical (unpaired) electrons. The van der Waals surface area contributed by atoms with E-state index in [1.165, 1.54) is 45.1 Å². The first-order chi connectivity index (χ1) is 16.6. The quantitative estimate of drug-likeness (QED) is 0.344. The molecule has 2 aliphatic heterocycles. The lowest BCUT2D eigenvalue weighted by atomic mass is 9.81. The standard InChI is InChI=1S/C32H36ClN2.HI/c1-31(2)24-14-7-9-16-26(24)34(5)28(31)20-18-22-12-11-13-23(30(22)33)19-21-29-32(3,4)25-15-8-10-17-27(25)35(29)6;/h7-10,14-21H,11-13H2,1-6H3;1H/q+1;/p-1. The Morgan fingerprint density at radius 2 is 1.53 bits per heavy atom. The zero-order valence-corrected chi connectivity index (χ0v) is 25.1. The maximum Gasteiger partial charge on any atom is 0.209 e. The molecule has 0 fully saturated rings. The molecule has 2 aromatic carbocycles. The van der Waals surface area contributed by atoms with Crippen LogP contribution in [-0.4, -0.2) is 24.4 Å². The van der Waals surface area contributed by atoms with E-state index in [-0.39, 0.29) is 34.8 Å². The van der Waals surface area contributed by atoms with Crippen molar-refractivity contribution in [3.05, 3.63) is 106 Å². The van der Waals surface area contributed by atoms with Crippen LogP contribution in [0.3, 0.4) is 0 Å². The van der Waals surface area contributed by atoms with Crippen LogP contribution in [0.1, 0.15) is 58.1 Å². The largest absolute Gasteiger partial charge is 1.00 e. The molecular formula is C32H36ClIN2. The summed E-state index contributed by atoms with van der Waals surface area (Å²) in [6.45, 7) is 9.23. The number of rotatable bonds is 3. The maximum atomic E-state index is 7.01. The average Bonchev–Trinajstić information content (AvgIpc) is 3.16. The zero-order chi connectivity index (χ0) is 25.0. The second-order valence-electron chi connectivity index (χ2n) is 11.1. The number of allylic oxidation sites excluding steroid dienone is 8. The first-order valence-corrected chi connectivity index (χ1v) is 13.0. The summed E-state index contributed by atoms with van der Waals surface area (Å²) in [5.74, 6) is 0. The van der Waals surface area contributed by atoms with Gasteiger partial charge in [-0.1, -0.05) is 74.0 Å². The minimum Gasteiger partial charge on any atom is -1.00 e. The van der Waals surface area contributed by atoms with Crippen LogP contribution in [0.2, 0.25) is 0 Å². The summed E-state index contributed by atoms with van der Waals surface area (Å²) in [5, 5.41) is 0.914. The van der Waals surface area contributed by atoms with E-state index in [4.69, 9.17) is 11.6 Å². The van der Waals surface area contributed by atoms with Gasteiger partial charge in [-0.05, 0) is 62.0 Å². The molecule has 0 atom stereocenters. The van der Waals surface area contributed by atoms with E-state index in [0.717, 1.165) is 24.3 Å². The number of nitrogens with zero attached hydrogens (tertiary/aromatic N) is 2. The van der Waals surface area contributed by atoms with Crippen LogP contribution in [-0.2, 0) is 10.8 Å². The van der Waals surface area contributed by atoms with E-state index in [0.29, 0.717) is 0 Å². The fourth-order valence-corrected chi connectivity index (χ4v) is 6.49. The van der Waals surface area contributed by atoms with Gasteiger partial charge in [0.15, 0.2) is 5.71 Å². The van der Waals surface area contributed by atoms with Crippen molar-refractivity contribution < 1.29 is 28.6 Å². The highest BCUT2D eigenvalue weighted by molar-refractivity contribution is 6.32. The van der Waals surface area contributed by atoms with E-state index in [9.17, 15) is 0 Å². The topological polar surface area (TPSA) is 6.25 Å². The second-order valence-corrected chi connectivity index (χ2v) is 11.4. The van der Waals surface area contributed by atoms with Crippen molar-refractivity contribution >= 4 is 28.7 Å². The molecule has 0 saturated carbocycles. The summed E-state index contributed by atoms with van der Waals surface area (Å²) >= 11 is 7.01. The third-order valence-electron chi connectivity index (χ3n) is 8.22. The molecule has 0 aromatic heterocycles. The van der Waals surface area contributed by atoms with Gasteiger partial charge in [-0.3, -0.25) is 0 Å². The predicted octanol–water partition coefficient (Wildman–Crippen LogP) is 5.17. The molecule has 2 nitrogen and oxygen atoms in total. The highest BCUT2D eigenvalue weighted by Gasteiger charge is 2.42. The van der Waals surface area contributed by atoms with E-state index in [1.54, 1.807) is 0 Å². The minimum atomic E-state index is -0.0275. The number of anilines is 1. The van der Waals surface area contributed by atoms with Crippen LogP contribution in [0.5, 0.6) is 0 Å². The molecule has 1 aliphatic carbocycles. The van der Waals surface area contributed by atoms with Crippen LogP contribution in [0.4, 0.5) is 11.4 Å². The lowest BCUT2D eigenvalue weighted by Gasteiger charge is -2.24. The molecule has 36 heavy (non-hydrogen) atoms. The monoisotopic (exact) mass is 610 g/mol. The summed E-state index contributed by atoms with van der Waals surface area (Å²) in [6, 6.07) is 17.4. The molecule has 188 valence electrons. The van der Waals surface area contributed by atoms with Gasteiger partial charge in [-0.25, -0.2) is 0 Å². The van der Waals surface area contributed by atoms with Crippen molar-refractivity contribution in [2.45, 2.75) is 57.8 Å². The van der Waals surface area contributed by atoms with E-state index in [2.05, 4.69) is 124 Å². The zero-order valence-electron chi connectivity index (χ0n) is 22.2. The van der Waals surface area contributed by atoms with E-state index in [1.807, 2.05) is 0 Å². The van der Waals surface area contributed by atoms with Gasteiger partial charge < -0.3 is 28.9 Å². The SMILES string of the molecule is CN1/C(=C\C=C2/CCCC(/C=C/C3=[N+](C)c4ccccc4C3(C)C)=C2Cl)C(C)(C)c2ccccc21.[I-]. The number of benzene rings is 2. The van der Waals surface area contributed by atoms with Gasteiger partial charge in [-0.2, -0.15) is 4.58 Å². The molecule has 0 bridgehead atoms. The summed E-state index contributed by atoms with van der Waals surface area (Å²) in [7, 11) is 4.33. The van der Waals surface area contributed by atoms with Crippen molar-refractivity contribution in [3.63, 3.8) is 0 Å². The third kappa shape index (κ3) is 4.32. The molecular weight excluding hydrogens is 575 g/mol. The highest BCUT2D eigenvalue weighted by atomic mass is 127. The average molecular weight is 611 g/mol. The third-order valence-corrected chi connectivity index (χ3v) is 8.71. The van der Waals surface area contributed by atoms with Crippen molar-refractivity contribution in [2.75, 3.05) is 19.0 Å². The first-order valence-electron chi connectivity index (χ1n) is 12.7. The molecule has 2 heterocycles. The Balaban J connectivity index is 0.00000304. The Morgan fingerprint density at radius 3 is 2.22 bits per heavy atom. The van der Waals surface area contributed by atoms with Gasteiger partial charge in [0.1, 0.15) is 7.05 Å². The predicted molar refractivity (Wildman–Crippen MR) is 150 cm³/mol. The molecule has 2 aromatic rings. The first kappa shape index (κ1) is 26.9. The van der Waals surface area contributed by atoms with Crippen LogP contribution in [0.25, 0.3) is 0 Å². The van der Waals surface area contributed by atoms with Gasteiger partial charge in [0.25, 0.3) is 0 Å². The van der Waals surface area contributed by atoms with Crippen LogP contribution in [0.15, 0.2) is 94.7 Å². The Labute approximate surface area is 238 Å². The van der Waals surface area contributed by atoms with Crippen molar-refractivity contribution in [2.24, 2.45) is 0 Å². The molecule has 3 aliphatic rings. The fraction of sp³-hybridized carbons (Fsp3) is 0.344. The number of fused-ring (bicyclic) bond motifs is 2. The Morgan fingerprint density at radius 1 is 0.861 bits per heavy atom. The van der Waals surface area contributed by atoms with Gasteiger partial charge in [-0.15, -0.1) is 0 Å². The number of likely N-dealkylation sites (N-methyl/N-ethyl adjacent to an activating group) is 1. The van der Waals surface area contributed by atoms with E-state index < -0.39 is 0 Å². The smallest absolute Gasteiger partial charge is 0.209 e.